The van der Waals surface area contributed by atoms with Crippen molar-refractivity contribution in [3.8, 4) is 0 Å². The molecule has 2 N–H and O–H groups in total. The molecular weight excluding hydrogens is 232 g/mol. The van der Waals surface area contributed by atoms with Gasteiger partial charge in [0.05, 0.1) is 12.6 Å². The Kier molecular flexibility index (Phi) is 6.12. The summed E-state index contributed by atoms with van der Waals surface area (Å²) in [5.41, 5.74) is 5.95. The predicted molar refractivity (Wildman–Crippen MR) is 74.6 cm³/mol. The lowest BCUT2D eigenvalue weighted by Gasteiger charge is -2.33. The molecule has 0 saturated heterocycles. The lowest BCUT2D eigenvalue weighted by molar-refractivity contribution is 0.0992. The van der Waals surface area contributed by atoms with Crippen molar-refractivity contribution in [2.24, 2.45) is 5.73 Å². The first-order chi connectivity index (χ1) is 8.10. The highest BCUT2D eigenvalue weighted by molar-refractivity contribution is 7.12. The Morgan fingerprint density at radius 1 is 1.41 bits per heavy atom. The van der Waals surface area contributed by atoms with Crippen molar-refractivity contribution in [1.29, 1.82) is 0 Å². The third kappa shape index (κ3) is 4.07. The van der Waals surface area contributed by atoms with Crippen LogP contribution in [0.15, 0.2) is 12.1 Å². The first-order valence-electron chi connectivity index (χ1n) is 6.11. The minimum Gasteiger partial charge on any atom is -0.383 e. The van der Waals surface area contributed by atoms with E-state index >= 15 is 0 Å². The van der Waals surface area contributed by atoms with Gasteiger partial charge in [-0.25, -0.2) is 0 Å². The van der Waals surface area contributed by atoms with Crippen LogP contribution in [-0.2, 0) is 4.74 Å². The zero-order chi connectivity index (χ0) is 12.8. The van der Waals surface area contributed by atoms with E-state index in [-0.39, 0.29) is 0 Å². The lowest BCUT2D eigenvalue weighted by atomic mass is 10.1. The third-order valence-electron chi connectivity index (χ3n) is 2.93. The standard InChI is InChI=1S/C13H24N2OS/c1-10(2)15(7-8-16-4)12(9-14)13-6-5-11(3)17-13/h5-6,10,12H,7-9,14H2,1-4H3. The van der Waals surface area contributed by atoms with E-state index in [4.69, 9.17) is 10.5 Å². The molecule has 0 radical (unpaired) electrons. The van der Waals surface area contributed by atoms with Crippen LogP contribution in [-0.4, -0.2) is 37.7 Å². The number of hydrogen-bond acceptors (Lipinski definition) is 4. The minimum absolute atomic E-state index is 0.309. The van der Waals surface area contributed by atoms with Crippen LogP contribution >= 0.6 is 11.3 Å². The molecule has 0 aliphatic rings. The summed E-state index contributed by atoms with van der Waals surface area (Å²) in [5, 5.41) is 0. The first-order valence-corrected chi connectivity index (χ1v) is 6.92. The molecule has 0 aromatic carbocycles. The maximum Gasteiger partial charge on any atom is 0.0590 e. The third-order valence-corrected chi connectivity index (χ3v) is 4.03. The summed E-state index contributed by atoms with van der Waals surface area (Å²) < 4.78 is 5.18. The van der Waals surface area contributed by atoms with E-state index < -0.39 is 0 Å². The molecule has 1 rings (SSSR count). The average Bonchev–Trinajstić information content (AvgIpc) is 2.70. The molecule has 3 nitrogen and oxygen atoms in total. The molecule has 1 unspecified atom stereocenters. The Bertz CT molecular complexity index is 325. The molecule has 1 heterocycles. The topological polar surface area (TPSA) is 38.5 Å². The smallest absolute Gasteiger partial charge is 0.0590 e. The quantitative estimate of drug-likeness (QED) is 0.814. The second-order valence-electron chi connectivity index (χ2n) is 4.52. The number of nitrogens with two attached hydrogens (primary N) is 1. The molecule has 0 bridgehead atoms. The van der Waals surface area contributed by atoms with Gasteiger partial charge in [0.25, 0.3) is 0 Å². The number of aryl methyl sites for hydroxylation is 1. The Morgan fingerprint density at radius 3 is 2.53 bits per heavy atom. The van der Waals surface area contributed by atoms with Gasteiger partial charge < -0.3 is 10.5 Å². The highest BCUT2D eigenvalue weighted by Crippen LogP contribution is 2.28. The summed E-state index contributed by atoms with van der Waals surface area (Å²) in [5.74, 6) is 0. The summed E-state index contributed by atoms with van der Waals surface area (Å²) >= 11 is 1.84. The number of thiophene rings is 1. The fourth-order valence-corrected chi connectivity index (χ4v) is 3.03. The predicted octanol–water partition coefficient (Wildman–Crippen LogP) is 2.41. The molecule has 0 aliphatic carbocycles. The molecule has 0 spiro atoms. The van der Waals surface area contributed by atoms with Crippen molar-refractivity contribution in [3.63, 3.8) is 0 Å². The van der Waals surface area contributed by atoms with E-state index in [0.29, 0.717) is 18.6 Å². The van der Waals surface area contributed by atoms with E-state index in [1.165, 1.54) is 9.75 Å². The summed E-state index contributed by atoms with van der Waals surface area (Å²) in [6.07, 6.45) is 0. The molecule has 1 atom stereocenters. The average molecular weight is 256 g/mol. The van der Waals surface area contributed by atoms with Crippen molar-refractivity contribution in [2.45, 2.75) is 32.9 Å². The fourth-order valence-electron chi connectivity index (χ4n) is 2.02. The number of methoxy groups -OCH3 is 1. The molecule has 0 amide bonds. The molecule has 98 valence electrons. The zero-order valence-corrected chi connectivity index (χ0v) is 12.1. The van der Waals surface area contributed by atoms with Crippen LogP contribution in [0.5, 0.6) is 0 Å². The number of ether oxygens (including phenoxy) is 1. The van der Waals surface area contributed by atoms with Gasteiger partial charge in [-0.1, -0.05) is 0 Å². The molecule has 0 saturated carbocycles. The van der Waals surface area contributed by atoms with Gasteiger partial charge in [0, 0.05) is 36.0 Å². The SMILES string of the molecule is COCCN(C(C)C)C(CN)c1ccc(C)s1. The minimum atomic E-state index is 0.309. The molecule has 1 aromatic heterocycles. The van der Waals surface area contributed by atoms with Crippen LogP contribution in [0.1, 0.15) is 29.6 Å². The largest absolute Gasteiger partial charge is 0.383 e. The van der Waals surface area contributed by atoms with Crippen LogP contribution in [0.25, 0.3) is 0 Å². The van der Waals surface area contributed by atoms with Gasteiger partial charge in [-0.15, -0.1) is 11.3 Å². The Hall–Kier alpha value is -0.420. The van der Waals surface area contributed by atoms with Gasteiger partial charge in [-0.3, -0.25) is 4.90 Å². The summed E-state index contributed by atoms with van der Waals surface area (Å²) in [4.78, 5) is 5.11. The Balaban J connectivity index is 2.81. The van der Waals surface area contributed by atoms with Crippen molar-refractivity contribution in [3.05, 3.63) is 21.9 Å². The van der Waals surface area contributed by atoms with E-state index in [1.54, 1.807) is 7.11 Å². The number of rotatable bonds is 7. The van der Waals surface area contributed by atoms with Gasteiger partial charge in [0.1, 0.15) is 0 Å². The Morgan fingerprint density at radius 2 is 2.12 bits per heavy atom. The van der Waals surface area contributed by atoms with E-state index in [2.05, 4.69) is 37.8 Å². The molecule has 1 aromatic rings. The van der Waals surface area contributed by atoms with Crippen LogP contribution < -0.4 is 5.73 Å². The van der Waals surface area contributed by atoms with Crippen molar-refractivity contribution < 1.29 is 4.74 Å². The van der Waals surface area contributed by atoms with Crippen LogP contribution in [0.3, 0.4) is 0 Å². The number of hydrogen-bond donors (Lipinski definition) is 1. The van der Waals surface area contributed by atoms with Gasteiger partial charge in [0.2, 0.25) is 0 Å². The molecular formula is C13H24N2OS. The fraction of sp³-hybridized carbons (Fsp3) is 0.692. The van der Waals surface area contributed by atoms with Crippen LogP contribution in [0, 0.1) is 6.92 Å². The maximum atomic E-state index is 5.95. The summed E-state index contributed by atoms with van der Waals surface area (Å²) in [7, 11) is 1.74. The van der Waals surface area contributed by atoms with E-state index in [9.17, 15) is 0 Å². The Labute approximate surface area is 109 Å². The highest BCUT2D eigenvalue weighted by Gasteiger charge is 2.22. The lowest BCUT2D eigenvalue weighted by Crippen LogP contribution is -2.40. The molecule has 0 fully saturated rings. The van der Waals surface area contributed by atoms with Gasteiger partial charge >= 0.3 is 0 Å². The van der Waals surface area contributed by atoms with E-state index in [1.807, 2.05) is 11.3 Å². The van der Waals surface area contributed by atoms with Crippen molar-refractivity contribution in [1.82, 2.24) is 4.90 Å². The van der Waals surface area contributed by atoms with E-state index in [0.717, 1.165) is 13.2 Å². The monoisotopic (exact) mass is 256 g/mol. The zero-order valence-electron chi connectivity index (χ0n) is 11.3. The second kappa shape index (κ2) is 7.11. The van der Waals surface area contributed by atoms with Crippen LogP contribution in [0.2, 0.25) is 0 Å². The van der Waals surface area contributed by atoms with Gasteiger partial charge in [-0.05, 0) is 32.9 Å². The number of nitrogens with zero attached hydrogens (tertiary/aromatic N) is 1. The summed E-state index contributed by atoms with van der Waals surface area (Å²) in [6, 6.07) is 5.14. The van der Waals surface area contributed by atoms with Crippen molar-refractivity contribution >= 4 is 11.3 Å². The maximum absolute atomic E-state index is 5.95. The van der Waals surface area contributed by atoms with Gasteiger partial charge in [-0.2, -0.15) is 0 Å². The van der Waals surface area contributed by atoms with Crippen molar-refractivity contribution in [2.75, 3.05) is 26.8 Å². The highest BCUT2D eigenvalue weighted by atomic mass is 32.1. The van der Waals surface area contributed by atoms with Gasteiger partial charge in [0.15, 0.2) is 0 Å². The molecule has 17 heavy (non-hydrogen) atoms. The normalized spacial score (nSPS) is 13.6. The van der Waals surface area contributed by atoms with Crippen LogP contribution in [0.4, 0.5) is 0 Å². The molecule has 4 heteroatoms. The second-order valence-corrected chi connectivity index (χ2v) is 5.84. The summed E-state index contributed by atoms with van der Waals surface area (Å²) in [6.45, 7) is 8.88. The first kappa shape index (κ1) is 14.6. The molecule has 0 aliphatic heterocycles.